The quantitative estimate of drug-likeness (QED) is 0.913. The van der Waals surface area contributed by atoms with Gasteiger partial charge in [0.15, 0.2) is 0 Å². The molecule has 110 valence electrons. The lowest BCUT2D eigenvalue weighted by molar-refractivity contribution is 0.574. The van der Waals surface area contributed by atoms with E-state index >= 15 is 0 Å². The number of H-pyrrole nitrogens is 1. The lowest BCUT2D eigenvalue weighted by atomic mass is 9.97. The first-order chi connectivity index (χ1) is 10.1. The maximum absolute atomic E-state index is 13.5. The van der Waals surface area contributed by atoms with E-state index < -0.39 is 11.6 Å². The zero-order chi connectivity index (χ0) is 14.8. The van der Waals surface area contributed by atoms with Gasteiger partial charge < -0.3 is 5.32 Å². The number of benzene rings is 1. The van der Waals surface area contributed by atoms with Crippen LogP contribution in [0.5, 0.6) is 0 Å². The second kappa shape index (κ2) is 5.63. The van der Waals surface area contributed by atoms with Gasteiger partial charge in [-0.3, -0.25) is 9.78 Å². The van der Waals surface area contributed by atoms with Gasteiger partial charge in [0.25, 0.3) is 5.56 Å². The van der Waals surface area contributed by atoms with Gasteiger partial charge in [-0.05, 0) is 31.7 Å². The fourth-order valence-corrected chi connectivity index (χ4v) is 2.53. The predicted molar refractivity (Wildman–Crippen MR) is 75.2 cm³/mol. The standard InChI is InChI=1S/C15H15F2N3O/c16-10-6-5-9(12(17)7-10)8-18-15-19-13-4-2-1-3-11(13)14(21)20-15/h5-7H,1-4,8H2,(H2,18,19,20,21). The Balaban J connectivity index is 1.79. The van der Waals surface area contributed by atoms with Crippen molar-refractivity contribution in [2.75, 3.05) is 5.32 Å². The Bertz CT molecular complexity index is 727. The Labute approximate surface area is 120 Å². The summed E-state index contributed by atoms with van der Waals surface area (Å²) in [6, 6.07) is 3.40. The molecule has 21 heavy (non-hydrogen) atoms. The molecule has 1 heterocycles. The second-order valence-corrected chi connectivity index (χ2v) is 5.14. The fourth-order valence-electron chi connectivity index (χ4n) is 2.53. The van der Waals surface area contributed by atoms with Crippen molar-refractivity contribution >= 4 is 5.95 Å². The summed E-state index contributed by atoms with van der Waals surface area (Å²) in [5, 5.41) is 2.88. The summed E-state index contributed by atoms with van der Waals surface area (Å²) >= 11 is 0. The van der Waals surface area contributed by atoms with Crippen LogP contribution in [-0.4, -0.2) is 9.97 Å². The van der Waals surface area contributed by atoms with Crippen molar-refractivity contribution < 1.29 is 8.78 Å². The largest absolute Gasteiger partial charge is 0.352 e. The van der Waals surface area contributed by atoms with Crippen molar-refractivity contribution in [2.24, 2.45) is 0 Å². The summed E-state index contributed by atoms with van der Waals surface area (Å²) in [5.41, 5.74) is 1.74. The summed E-state index contributed by atoms with van der Waals surface area (Å²) in [4.78, 5) is 19.0. The van der Waals surface area contributed by atoms with Crippen molar-refractivity contribution in [3.8, 4) is 0 Å². The van der Waals surface area contributed by atoms with Gasteiger partial charge in [0.1, 0.15) is 11.6 Å². The third-order valence-corrected chi connectivity index (χ3v) is 3.65. The van der Waals surface area contributed by atoms with Gasteiger partial charge in [0.05, 0.1) is 5.69 Å². The molecule has 0 unspecified atom stereocenters. The zero-order valence-corrected chi connectivity index (χ0v) is 11.4. The van der Waals surface area contributed by atoms with E-state index in [2.05, 4.69) is 15.3 Å². The van der Waals surface area contributed by atoms with Gasteiger partial charge in [-0.15, -0.1) is 0 Å². The number of anilines is 1. The number of hydrogen-bond donors (Lipinski definition) is 2. The van der Waals surface area contributed by atoms with E-state index in [1.54, 1.807) is 0 Å². The molecule has 1 aliphatic carbocycles. The Kier molecular flexibility index (Phi) is 3.68. The maximum Gasteiger partial charge on any atom is 0.255 e. The first-order valence-corrected chi connectivity index (χ1v) is 6.93. The van der Waals surface area contributed by atoms with E-state index in [1.807, 2.05) is 0 Å². The van der Waals surface area contributed by atoms with Crippen LogP contribution in [0, 0.1) is 11.6 Å². The summed E-state index contributed by atoms with van der Waals surface area (Å²) in [7, 11) is 0. The molecule has 2 aromatic rings. The first kappa shape index (κ1) is 13.7. The van der Waals surface area contributed by atoms with Crippen LogP contribution in [-0.2, 0) is 19.4 Å². The fraction of sp³-hybridized carbons (Fsp3) is 0.333. The Morgan fingerprint density at radius 2 is 2.05 bits per heavy atom. The first-order valence-electron chi connectivity index (χ1n) is 6.93. The topological polar surface area (TPSA) is 57.8 Å². The number of nitrogens with one attached hydrogen (secondary N) is 2. The van der Waals surface area contributed by atoms with Gasteiger partial charge in [0.2, 0.25) is 5.95 Å². The number of nitrogens with zero attached hydrogens (tertiary/aromatic N) is 1. The number of aromatic amines is 1. The molecule has 0 fully saturated rings. The smallest absolute Gasteiger partial charge is 0.255 e. The average Bonchev–Trinajstić information content (AvgIpc) is 2.46. The molecule has 4 nitrogen and oxygen atoms in total. The van der Waals surface area contributed by atoms with Crippen molar-refractivity contribution in [2.45, 2.75) is 32.2 Å². The average molecular weight is 291 g/mol. The molecule has 3 rings (SSSR count). The molecule has 2 N–H and O–H groups in total. The Morgan fingerprint density at radius 3 is 2.86 bits per heavy atom. The molecular weight excluding hydrogens is 276 g/mol. The monoisotopic (exact) mass is 291 g/mol. The molecule has 0 aliphatic heterocycles. The van der Waals surface area contributed by atoms with Gasteiger partial charge in [-0.1, -0.05) is 6.07 Å². The van der Waals surface area contributed by atoms with E-state index in [-0.39, 0.29) is 12.1 Å². The molecule has 1 aromatic carbocycles. The molecule has 6 heteroatoms. The predicted octanol–water partition coefficient (Wildman–Crippen LogP) is 2.54. The van der Waals surface area contributed by atoms with Crippen molar-refractivity contribution in [1.82, 2.24) is 9.97 Å². The minimum absolute atomic E-state index is 0.133. The second-order valence-electron chi connectivity index (χ2n) is 5.14. The van der Waals surface area contributed by atoms with Crippen molar-refractivity contribution in [1.29, 1.82) is 0 Å². The van der Waals surface area contributed by atoms with Crippen LogP contribution < -0.4 is 10.9 Å². The van der Waals surface area contributed by atoms with Gasteiger partial charge in [0, 0.05) is 23.7 Å². The third-order valence-electron chi connectivity index (χ3n) is 3.65. The molecule has 0 spiro atoms. The number of rotatable bonds is 3. The highest BCUT2D eigenvalue weighted by Gasteiger charge is 2.15. The molecule has 0 amide bonds. The highest BCUT2D eigenvalue weighted by Crippen LogP contribution is 2.17. The third kappa shape index (κ3) is 2.94. The molecule has 1 aromatic heterocycles. The van der Waals surface area contributed by atoms with Gasteiger partial charge in [-0.2, -0.15) is 0 Å². The normalized spacial score (nSPS) is 13.8. The lowest BCUT2D eigenvalue weighted by Gasteiger charge is -2.15. The Morgan fingerprint density at radius 1 is 1.24 bits per heavy atom. The van der Waals surface area contributed by atoms with Crippen LogP contribution in [0.25, 0.3) is 0 Å². The number of fused-ring (bicyclic) bond motifs is 1. The molecule has 0 saturated heterocycles. The summed E-state index contributed by atoms with van der Waals surface area (Å²) < 4.78 is 26.4. The molecule has 0 atom stereocenters. The van der Waals surface area contributed by atoms with Crippen molar-refractivity contribution in [3.63, 3.8) is 0 Å². The van der Waals surface area contributed by atoms with Crippen LogP contribution in [0.15, 0.2) is 23.0 Å². The van der Waals surface area contributed by atoms with E-state index in [0.717, 1.165) is 43.0 Å². The maximum atomic E-state index is 13.5. The number of aryl methyl sites for hydroxylation is 1. The van der Waals surface area contributed by atoms with Crippen LogP contribution in [0.1, 0.15) is 29.7 Å². The molecule has 0 saturated carbocycles. The number of aromatic nitrogens is 2. The van der Waals surface area contributed by atoms with E-state index in [4.69, 9.17) is 0 Å². The summed E-state index contributed by atoms with van der Waals surface area (Å²) in [6.07, 6.45) is 3.57. The highest BCUT2D eigenvalue weighted by atomic mass is 19.1. The molecule has 0 bridgehead atoms. The minimum atomic E-state index is -0.622. The highest BCUT2D eigenvalue weighted by molar-refractivity contribution is 5.33. The van der Waals surface area contributed by atoms with Crippen LogP contribution in [0.2, 0.25) is 0 Å². The summed E-state index contributed by atoms with van der Waals surface area (Å²) in [6.45, 7) is 0.133. The van der Waals surface area contributed by atoms with Crippen LogP contribution in [0.4, 0.5) is 14.7 Å². The van der Waals surface area contributed by atoms with E-state index in [1.165, 1.54) is 12.1 Å². The minimum Gasteiger partial charge on any atom is -0.352 e. The van der Waals surface area contributed by atoms with Crippen LogP contribution >= 0.6 is 0 Å². The van der Waals surface area contributed by atoms with E-state index in [0.29, 0.717) is 11.5 Å². The Hall–Kier alpha value is -2.24. The summed E-state index contributed by atoms with van der Waals surface area (Å²) in [5.74, 6) is -0.913. The molecule has 1 aliphatic rings. The number of hydrogen-bond acceptors (Lipinski definition) is 3. The van der Waals surface area contributed by atoms with Crippen molar-refractivity contribution in [3.05, 3.63) is 57.0 Å². The van der Waals surface area contributed by atoms with E-state index in [9.17, 15) is 13.6 Å². The lowest BCUT2D eigenvalue weighted by Crippen LogP contribution is -2.22. The van der Waals surface area contributed by atoms with Crippen LogP contribution in [0.3, 0.4) is 0 Å². The molecule has 0 radical (unpaired) electrons. The number of halogens is 2. The van der Waals surface area contributed by atoms with Gasteiger partial charge >= 0.3 is 0 Å². The van der Waals surface area contributed by atoms with Gasteiger partial charge in [-0.25, -0.2) is 13.8 Å². The zero-order valence-electron chi connectivity index (χ0n) is 11.4. The SMILES string of the molecule is O=c1[nH]c(NCc2ccc(F)cc2F)nc2c1CCCC2. The molecular formula is C15H15F2N3O.